The lowest BCUT2D eigenvalue weighted by Gasteiger charge is -2.32. The van der Waals surface area contributed by atoms with Gasteiger partial charge in [0.05, 0.1) is 6.10 Å². The number of ether oxygens (including phenoxy) is 1. The van der Waals surface area contributed by atoms with E-state index in [0.717, 1.165) is 25.9 Å². The van der Waals surface area contributed by atoms with Crippen LogP contribution < -0.4 is 5.32 Å². The minimum atomic E-state index is -0.261. The van der Waals surface area contributed by atoms with Crippen LogP contribution in [0.4, 0.5) is 0 Å². The number of hydrogen-bond acceptors (Lipinski definition) is 4. The monoisotopic (exact) mass is 283 g/mol. The highest BCUT2D eigenvalue weighted by Gasteiger charge is 2.22. The summed E-state index contributed by atoms with van der Waals surface area (Å²) in [6.45, 7) is 3.29. The Kier molecular flexibility index (Phi) is 5.34. The molecule has 2 heterocycles. The van der Waals surface area contributed by atoms with Crippen LogP contribution in [0, 0.1) is 0 Å². The fourth-order valence-electron chi connectivity index (χ4n) is 2.42. The minimum Gasteiger partial charge on any atom is -0.376 e. The Morgan fingerprint density at radius 3 is 2.60 bits per heavy atom. The molecule has 0 spiro atoms. The van der Waals surface area contributed by atoms with E-state index in [1.165, 1.54) is 0 Å². The van der Waals surface area contributed by atoms with Crippen molar-refractivity contribution in [1.82, 2.24) is 15.1 Å². The first kappa shape index (κ1) is 14.8. The van der Waals surface area contributed by atoms with Gasteiger partial charge in [0.15, 0.2) is 0 Å². The zero-order valence-corrected chi connectivity index (χ0v) is 11.5. The SMILES string of the molecule is O=CN1CCN(C(=O)CC(=O)NCC2CCCO2)CC1. The molecule has 2 fully saturated rings. The highest BCUT2D eigenvalue weighted by molar-refractivity contribution is 5.96. The Hall–Kier alpha value is -1.63. The first-order chi connectivity index (χ1) is 9.69. The van der Waals surface area contributed by atoms with E-state index >= 15 is 0 Å². The Bertz CT molecular complexity index is 361. The Balaban J connectivity index is 1.65. The van der Waals surface area contributed by atoms with Crippen molar-refractivity contribution in [3.05, 3.63) is 0 Å². The molecule has 1 unspecified atom stereocenters. The van der Waals surface area contributed by atoms with Gasteiger partial charge in [0, 0.05) is 39.3 Å². The van der Waals surface area contributed by atoms with Crippen LogP contribution in [0.25, 0.3) is 0 Å². The number of carbonyl (C=O) groups is 3. The third-order valence-corrected chi connectivity index (χ3v) is 3.68. The standard InChI is InChI=1S/C13H21N3O4/c17-10-15-3-5-16(6-4-15)13(19)8-12(18)14-9-11-2-1-7-20-11/h10-11H,1-9H2,(H,14,18). The van der Waals surface area contributed by atoms with E-state index in [0.29, 0.717) is 32.7 Å². The summed E-state index contributed by atoms with van der Waals surface area (Å²) in [4.78, 5) is 37.4. The first-order valence-corrected chi connectivity index (χ1v) is 7.04. The van der Waals surface area contributed by atoms with Crippen LogP contribution in [0.3, 0.4) is 0 Å². The molecule has 7 heteroatoms. The van der Waals surface area contributed by atoms with E-state index in [9.17, 15) is 14.4 Å². The predicted molar refractivity (Wildman–Crippen MR) is 70.8 cm³/mol. The maximum Gasteiger partial charge on any atom is 0.232 e. The van der Waals surface area contributed by atoms with E-state index in [2.05, 4.69) is 5.32 Å². The number of nitrogens with zero attached hydrogens (tertiary/aromatic N) is 2. The fraction of sp³-hybridized carbons (Fsp3) is 0.769. The first-order valence-electron chi connectivity index (χ1n) is 7.04. The van der Waals surface area contributed by atoms with Crippen molar-refractivity contribution in [1.29, 1.82) is 0 Å². The van der Waals surface area contributed by atoms with E-state index in [-0.39, 0.29) is 24.3 Å². The molecule has 2 rings (SSSR count). The molecular weight excluding hydrogens is 262 g/mol. The lowest BCUT2D eigenvalue weighted by Crippen LogP contribution is -2.49. The molecule has 0 aliphatic carbocycles. The lowest BCUT2D eigenvalue weighted by molar-refractivity contribution is -0.139. The fourth-order valence-corrected chi connectivity index (χ4v) is 2.42. The van der Waals surface area contributed by atoms with Crippen molar-refractivity contribution in [2.45, 2.75) is 25.4 Å². The summed E-state index contributed by atoms with van der Waals surface area (Å²) in [6.07, 6.45) is 2.73. The van der Waals surface area contributed by atoms with Gasteiger partial charge >= 0.3 is 0 Å². The van der Waals surface area contributed by atoms with Crippen molar-refractivity contribution in [2.75, 3.05) is 39.3 Å². The van der Waals surface area contributed by atoms with Crippen LogP contribution in [0.15, 0.2) is 0 Å². The van der Waals surface area contributed by atoms with Crippen LogP contribution in [0.2, 0.25) is 0 Å². The van der Waals surface area contributed by atoms with E-state index in [1.54, 1.807) is 9.80 Å². The molecule has 0 bridgehead atoms. The van der Waals surface area contributed by atoms with Crippen molar-refractivity contribution in [3.8, 4) is 0 Å². The summed E-state index contributed by atoms with van der Waals surface area (Å²) in [5.41, 5.74) is 0. The second-order valence-corrected chi connectivity index (χ2v) is 5.14. The lowest BCUT2D eigenvalue weighted by atomic mass is 10.2. The van der Waals surface area contributed by atoms with E-state index in [1.807, 2.05) is 0 Å². The number of nitrogens with one attached hydrogen (secondary N) is 1. The maximum atomic E-state index is 11.9. The van der Waals surface area contributed by atoms with Gasteiger partial charge < -0.3 is 19.9 Å². The van der Waals surface area contributed by atoms with Gasteiger partial charge in [-0.15, -0.1) is 0 Å². The van der Waals surface area contributed by atoms with Gasteiger partial charge in [0.2, 0.25) is 18.2 Å². The Morgan fingerprint density at radius 2 is 2.00 bits per heavy atom. The summed E-state index contributed by atoms with van der Waals surface area (Å²) >= 11 is 0. The minimum absolute atomic E-state index is 0.0881. The quantitative estimate of drug-likeness (QED) is 0.517. The van der Waals surface area contributed by atoms with E-state index < -0.39 is 0 Å². The highest BCUT2D eigenvalue weighted by atomic mass is 16.5. The summed E-state index contributed by atoms with van der Waals surface area (Å²) in [6, 6.07) is 0. The van der Waals surface area contributed by atoms with Gasteiger partial charge in [0.1, 0.15) is 6.42 Å². The van der Waals surface area contributed by atoms with Crippen molar-refractivity contribution >= 4 is 18.2 Å². The number of carbonyl (C=O) groups excluding carboxylic acids is 3. The summed E-state index contributed by atoms with van der Waals surface area (Å²) in [5.74, 6) is -0.441. The zero-order chi connectivity index (χ0) is 14.4. The molecule has 7 nitrogen and oxygen atoms in total. The van der Waals surface area contributed by atoms with Gasteiger partial charge in [-0.25, -0.2) is 0 Å². The summed E-state index contributed by atoms with van der Waals surface area (Å²) < 4.78 is 5.40. The van der Waals surface area contributed by atoms with E-state index in [4.69, 9.17) is 4.74 Å². The number of hydrogen-bond donors (Lipinski definition) is 1. The van der Waals surface area contributed by atoms with Gasteiger partial charge in [-0.3, -0.25) is 14.4 Å². The molecule has 0 aromatic carbocycles. The molecule has 20 heavy (non-hydrogen) atoms. The molecule has 2 aliphatic heterocycles. The smallest absolute Gasteiger partial charge is 0.232 e. The third-order valence-electron chi connectivity index (χ3n) is 3.68. The summed E-state index contributed by atoms with van der Waals surface area (Å²) in [7, 11) is 0. The van der Waals surface area contributed by atoms with Crippen LogP contribution in [0.1, 0.15) is 19.3 Å². The van der Waals surface area contributed by atoms with Crippen LogP contribution in [-0.2, 0) is 19.1 Å². The Labute approximate surface area is 118 Å². The number of amides is 3. The Morgan fingerprint density at radius 1 is 1.25 bits per heavy atom. The van der Waals surface area contributed by atoms with Gasteiger partial charge in [-0.1, -0.05) is 0 Å². The largest absolute Gasteiger partial charge is 0.376 e. The molecule has 112 valence electrons. The second kappa shape index (κ2) is 7.23. The van der Waals surface area contributed by atoms with Crippen LogP contribution in [-0.4, -0.2) is 73.5 Å². The molecule has 2 saturated heterocycles. The summed E-state index contributed by atoms with van der Waals surface area (Å²) in [5, 5.41) is 2.74. The third kappa shape index (κ3) is 4.19. The maximum absolute atomic E-state index is 11.9. The topological polar surface area (TPSA) is 79.0 Å². The van der Waals surface area contributed by atoms with Crippen LogP contribution in [0.5, 0.6) is 0 Å². The zero-order valence-electron chi connectivity index (χ0n) is 11.5. The van der Waals surface area contributed by atoms with Crippen molar-refractivity contribution in [3.63, 3.8) is 0 Å². The molecule has 3 amide bonds. The molecular formula is C13H21N3O4. The number of piperazine rings is 1. The van der Waals surface area contributed by atoms with Crippen molar-refractivity contribution in [2.24, 2.45) is 0 Å². The molecule has 1 atom stereocenters. The normalized spacial score (nSPS) is 22.7. The van der Waals surface area contributed by atoms with Gasteiger partial charge in [-0.05, 0) is 12.8 Å². The molecule has 0 aromatic heterocycles. The molecule has 0 aromatic rings. The molecule has 0 saturated carbocycles. The van der Waals surface area contributed by atoms with Crippen LogP contribution >= 0.6 is 0 Å². The predicted octanol–water partition coefficient (Wildman–Crippen LogP) is -1.03. The average molecular weight is 283 g/mol. The molecule has 0 radical (unpaired) electrons. The number of rotatable bonds is 5. The van der Waals surface area contributed by atoms with Crippen molar-refractivity contribution < 1.29 is 19.1 Å². The second-order valence-electron chi connectivity index (χ2n) is 5.14. The molecule has 2 aliphatic rings. The highest BCUT2D eigenvalue weighted by Crippen LogP contribution is 2.10. The van der Waals surface area contributed by atoms with Gasteiger partial charge in [-0.2, -0.15) is 0 Å². The average Bonchev–Trinajstić information content (AvgIpc) is 2.98. The van der Waals surface area contributed by atoms with Gasteiger partial charge in [0.25, 0.3) is 0 Å². The molecule has 1 N–H and O–H groups in total.